The summed E-state index contributed by atoms with van der Waals surface area (Å²) in [6.07, 6.45) is 1.72. The van der Waals surface area contributed by atoms with Gasteiger partial charge in [0.15, 0.2) is 0 Å². The maximum absolute atomic E-state index is 12.6. The molecule has 1 unspecified atom stereocenters. The van der Waals surface area contributed by atoms with E-state index < -0.39 is 0 Å². The third-order valence-corrected chi connectivity index (χ3v) is 4.42. The summed E-state index contributed by atoms with van der Waals surface area (Å²) in [5.74, 6) is 0.473. The van der Waals surface area contributed by atoms with Crippen LogP contribution in [-0.2, 0) is 4.79 Å². The topological polar surface area (TPSA) is 40.6 Å². The van der Waals surface area contributed by atoms with Crippen molar-refractivity contribution >= 4 is 23.4 Å². The molecule has 0 aliphatic carbocycles. The largest absolute Gasteiger partial charge is 0.345 e. The first-order chi connectivity index (χ1) is 10.9. The molecule has 1 aliphatic rings. The van der Waals surface area contributed by atoms with Gasteiger partial charge >= 0.3 is 0 Å². The Morgan fingerprint density at radius 1 is 1.30 bits per heavy atom. The number of carbonyl (C=O) groups excluding carboxylic acids is 2. The zero-order valence-corrected chi connectivity index (χ0v) is 14.8. The molecule has 0 bridgehead atoms. The van der Waals surface area contributed by atoms with E-state index >= 15 is 0 Å². The molecule has 1 saturated heterocycles. The number of halogens is 1. The predicted molar refractivity (Wildman–Crippen MR) is 92.6 cm³/mol. The van der Waals surface area contributed by atoms with Crippen LogP contribution < -0.4 is 0 Å². The van der Waals surface area contributed by atoms with Gasteiger partial charge in [-0.15, -0.1) is 0 Å². The Bertz CT molecular complexity index is 557. The van der Waals surface area contributed by atoms with Gasteiger partial charge in [-0.3, -0.25) is 9.59 Å². The minimum absolute atomic E-state index is 0.0225. The summed E-state index contributed by atoms with van der Waals surface area (Å²) < 4.78 is 0. The Balaban J connectivity index is 2.01. The first kappa shape index (κ1) is 17.8. The van der Waals surface area contributed by atoms with Crippen molar-refractivity contribution in [2.45, 2.75) is 26.7 Å². The molecule has 1 aliphatic heterocycles. The Morgan fingerprint density at radius 2 is 1.96 bits per heavy atom. The van der Waals surface area contributed by atoms with Crippen LogP contribution in [-0.4, -0.2) is 48.3 Å². The summed E-state index contributed by atoms with van der Waals surface area (Å²) in [5.41, 5.74) is 0.623. The van der Waals surface area contributed by atoms with Crippen LogP contribution in [0.4, 0.5) is 0 Å². The van der Waals surface area contributed by atoms with E-state index in [0.717, 1.165) is 19.4 Å². The van der Waals surface area contributed by atoms with Crippen molar-refractivity contribution in [1.82, 2.24) is 9.80 Å². The maximum atomic E-state index is 12.6. The lowest BCUT2D eigenvalue weighted by atomic mass is 9.95. The summed E-state index contributed by atoms with van der Waals surface area (Å²) in [4.78, 5) is 28.7. The van der Waals surface area contributed by atoms with Gasteiger partial charge < -0.3 is 9.80 Å². The number of amides is 2. The minimum atomic E-state index is -0.0937. The highest BCUT2D eigenvalue weighted by molar-refractivity contribution is 6.30. The molecule has 23 heavy (non-hydrogen) atoms. The van der Waals surface area contributed by atoms with Crippen LogP contribution >= 0.6 is 11.6 Å². The highest BCUT2D eigenvalue weighted by atomic mass is 35.5. The fourth-order valence-electron chi connectivity index (χ4n) is 3.09. The van der Waals surface area contributed by atoms with Crippen molar-refractivity contribution < 1.29 is 9.59 Å². The quantitative estimate of drug-likeness (QED) is 0.846. The van der Waals surface area contributed by atoms with E-state index in [9.17, 15) is 9.59 Å². The van der Waals surface area contributed by atoms with Gasteiger partial charge in [-0.1, -0.05) is 25.4 Å². The van der Waals surface area contributed by atoms with E-state index in [1.54, 1.807) is 34.1 Å². The Hall–Kier alpha value is -1.55. The maximum Gasteiger partial charge on any atom is 0.253 e. The van der Waals surface area contributed by atoms with Crippen molar-refractivity contribution in [3.63, 3.8) is 0 Å². The van der Waals surface area contributed by atoms with Crippen LogP contribution in [0.15, 0.2) is 24.3 Å². The molecular formula is C18H25ClN2O2. The second-order valence-corrected chi connectivity index (χ2v) is 7.15. The van der Waals surface area contributed by atoms with Crippen LogP contribution in [0, 0.1) is 11.8 Å². The second-order valence-electron chi connectivity index (χ2n) is 6.71. The molecule has 2 amide bonds. The van der Waals surface area contributed by atoms with E-state index in [-0.39, 0.29) is 17.7 Å². The molecule has 0 aromatic heterocycles. The SMILES string of the molecule is CC(C)CN(C)C(=O)C1CCCN(C(=O)c2ccc(Cl)cc2)C1. The number of rotatable bonds is 4. The number of nitrogens with zero attached hydrogens (tertiary/aromatic N) is 2. The first-order valence-corrected chi connectivity index (χ1v) is 8.56. The number of piperidine rings is 1. The van der Waals surface area contributed by atoms with E-state index in [1.165, 1.54) is 0 Å². The Kier molecular flexibility index (Phi) is 6.05. The van der Waals surface area contributed by atoms with Gasteiger partial charge in [0, 0.05) is 37.3 Å². The molecule has 5 heteroatoms. The Labute approximate surface area is 143 Å². The van der Waals surface area contributed by atoms with E-state index in [4.69, 9.17) is 11.6 Å². The molecule has 1 aromatic carbocycles. The molecule has 0 radical (unpaired) electrons. The second kappa shape index (κ2) is 7.82. The molecule has 0 saturated carbocycles. The molecule has 1 heterocycles. The molecular weight excluding hydrogens is 312 g/mol. The van der Waals surface area contributed by atoms with Crippen LogP contribution in [0.3, 0.4) is 0 Å². The average Bonchev–Trinajstić information content (AvgIpc) is 2.53. The molecule has 1 fully saturated rings. The predicted octanol–water partition coefficient (Wildman–Crippen LogP) is 3.31. The Morgan fingerprint density at radius 3 is 2.57 bits per heavy atom. The van der Waals surface area contributed by atoms with Gasteiger partial charge in [-0.2, -0.15) is 0 Å². The molecule has 126 valence electrons. The van der Waals surface area contributed by atoms with Gasteiger partial charge in [0.05, 0.1) is 5.92 Å². The van der Waals surface area contributed by atoms with E-state index in [2.05, 4.69) is 13.8 Å². The third-order valence-electron chi connectivity index (χ3n) is 4.16. The number of benzene rings is 1. The normalized spacial score (nSPS) is 18.1. The summed E-state index contributed by atoms with van der Waals surface area (Å²) in [7, 11) is 1.85. The van der Waals surface area contributed by atoms with Gasteiger partial charge in [0.2, 0.25) is 5.91 Å². The van der Waals surface area contributed by atoms with E-state index in [1.807, 2.05) is 7.05 Å². The summed E-state index contributed by atoms with van der Waals surface area (Å²) in [6, 6.07) is 6.91. The summed E-state index contributed by atoms with van der Waals surface area (Å²) in [6.45, 7) is 6.16. The fourth-order valence-corrected chi connectivity index (χ4v) is 3.21. The van der Waals surface area contributed by atoms with Crippen molar-refractivity contribution in [2.24, 2.45) is 11.8 Å². The minimum Gasteiger partial charge on any atom is -0.345 e. The monoisotopic (exact) mass is 336 g/mol. The highest BCUT2D eigenvalue weighted by Crippen LogP contribution is 2.21. The highest BCUT2D eigenvalue weighted by Gasteiger charge is 2.30. The smallest absolute Gasteiger partial charge is 0.253 e. The molecule has 1 atom stereocenters. The molecule has 4 nitrogen and oxygen atoms in total. The van der Waals surface area contributed by atoms with Crippen LogP contribution in [0.2, 0.25) is 5.02 Å². The van der Waals surface area contributed by atoms with Crippen molar-refractivity contribution in [2.75, 3.05) is 26.7 Å². The summed E-state index contributed by atoms with van der Waals surface area (Å²) >= 11 is 5.87. The lowest BCUT2D eigenvalue weighted by Gasteiger charge is -2.34. The number of hydrogen-bond acceptors (Lipinski definition) is 2. The van der Waals surface area contributed by atoms with Crippen molar-refractivity contribution in [3.8, 4) is 0 Å². The standard InChI is InChI=1S/C18H25ClN2O2/c1-13(2)11-20(3)17(22)15-5-4-10-21(12-15)18(23)14-6-8-16(19)9-7-14/h6-9,13,15H,4-5,10-12H2,1-3H3. The first-order valence-electron chi connectivity index (χ1n) is 8.18. The van der Waals surface area contributed by atoms with Crippen LogP contribution in [0.25, 0.3) is 0 Å². The molecule has 2 rings (SSSR count). The lowest BCUT2D eigenvalue weighted by Crippen LogP contribution is -2.46. The number of likely N-dealkylation sites (tertiary alicyclic amines) is 1. The van der Waals surface area contributed by atoms with Gasteiger partial charge in [-0.25, -0.2) is 0 Å². The van der Waals surface area contributed by atoms with E-state index in [0.29, 0.717) is 29.6 Å². The molecule has 0 N–H and O–H groups in total. The average molecular weight is 337 g/mol. The van der Waals surface area contributed by atoms with Gasteiger partial charge in [-0.05, 0) is 43.0 Å². The number of carbonyl (C=O) groups is 2. The molecule has 0 spiro atoms. The number of hydrogen-bond donors (Lipinski definition) is 0. The van der Waals surface area contributed by atoms with Crippen LogP contribution in [0.5, 0.6) is 0 Å². The van der Waals surface area contributed by atoms with Crippen LogP contribution in [0.1, 0.15) is 37.0 Å². The van der Waals surface area contributed by atoms with Crippen molar-refractivity contribution in [1.29, 1.82) is 0 Å². The zero-order chi connectivity index (χ0) is 17.0. The fraction of sp³-hybridized carbons (Fsp3) is 0.556. The molecule has 1 aromatic rings. The van der Waals surface area contributed by atoms with Gasteiger partial charge in [0.25, 0.3) is 5.91 Å². The summed E-state index contributed by atoms with van der Waals surface area (Å²) in [5, 5.41) is 0.614. The zero-order valence-electron chi connectivity index (χ0n) is 14.1. The van der Waals surface area contributed by atoms with Crippen molar-refractivity contribution in [3.05, 3.63) is 34.9 Å². The van der Waals surface area contributed by atoms with Gasteiger partial charge in [0.1, 0.15) is 0 Å². The third kappa shape index (κ3) is 4.71. The lowest BCUT2D eigenvalue weighted by molar-refractivity contribution is -0.136.